The van der Waals surface area contributed by atoms with Gasteiger partial charge in [0.15, 0.2) is 0 Å². The summed E-state index contributed by atoms with van der Waals surface area (Å²) in [6.45, 7) is 7.38. The maximum Gasteiger partial charge on any atom is 0.251 e. The third-order valence-corrected chi connectivity index (χ3v) is 6.04. The fourth-order valence-corrected chi connectivity index (χ4v) is 4.30. The van der Waals surface area contributed by atoms with E-state index in [-0.39, 0.29) is 23.3 Å². The molecule has 0 radical (unpaired) electrons. The molecule has 2 fully saturated rings. The Morgan fingerprint density at radius 1 is 1.33 bits per heavy atom. The van der Waals surface area contributed by atoms with Gasteiger partial charge >= 0.3 is 0 Å². The number of pyridine rings is 1. The van der Waals surface area contributed by atoms with E-state index in [9.17, 15) is 9.59 Å². The van der Waals surface area contributed by atoms with Crippen LogP contribution in [0.5, 0.6) is 0 Å². The Morgan fingerprint density at radius 3 is 2.78 bits per heavy atom. The lowest BCUT2D eigenvalue weighted by Crippen LogP contribution is -2.53. The summed E-state index contributed by atoms with van der Waals surface area (Å²) in [5.74, 6) is 0.347. The highest BCUT2D eigenvalue weighted by Gasteiger charge is 2.42. The van der Waals surface area contributed by atoms with Gasteiger partial charge in [0.2, 0.25) is 5.91 Å². The SMILES string of the molecule is CCO[C@@H](C)C(=O)N1CCC2(CCC(=O)N(CCc3cccnc3)C2)CC1. The van der Waals surface area contributed by atoms with E-state index in [0.29, 0.717) is 13.0 Å². The summed E-state index contributed by atoms with van der Waals surface area (Å²) in [4.78, 5) is 33.0. The summed E-state index contributed by atoms with van der Waals surface area (Å²) in [5, 5.41) is 0. The summed E-state index contributed by atoms with van der Waals surface area (Å²) < 4.78 is 5.45. The van der Waals surface area contributed by atoms with E-state index >= 15 is 0 Å². The molecule has 1 atom stereocenters. The van der Waals surface area contributed by atoms with Gasteiger partial charge in [0.25, 0.3) is 5.91 Å². The van der Waals surface area contributed by atoms with Gasteiger partial charge in [-0.3, -0.25) is 14.6 Å². The number of hydrogen-bond donors (Lipinski definition) is 0. The smallest absolute Gasteiger partial charge is 0.251 e. The quantitative estimate of drug-likeness (QED) is 0.767. The lowest BCUT2D eigenvalue weighted by Gasteiger charge is -2.47. The highest BCUT2D eigenvalue weighted by atomic mass is 16.5. The Labute approximate surface area is 161 Å². The first-order chi connectivity index (χ1) is 13.0. The number of amides is 2. The molecule has 1 aromatic heterocycles. The van der Waals surface area contributed by atoms with Crippen LogP contribution in [-0.2, 0) is 20.7 Å². The van der Waals surface area contributed by atoms with E-state index < -0.39 is 0 Å². The van der Waals surface area contributed by atoms with Gasteiger partial charge in [-0.25, -0.2) is 0 Å². The largest absolute Gasteiger partial charge is 0.369 e. The normalized spacial score (nSPS) is 20.7. The molecule has 2 aliphatic heterocycles. The maximum absolute atomic E-state index is 12.5. The molecule has 0 aliphatic carbocycles. The molecule has 1 aromatic rings. The predicted octanol–water partition coefficient (Wildman–Crippen LogP) is 2.28. The van der Waals surface area contributed by atoms with E-state index in [4.69, 9.17) is 4.74 Å². The molecule has 0 saturated carbocycles. The molecule has 6 heteroatoms. The average Bonchev–Trinajstić information content (AvgIpc) is 2.70. The molecule has 0 unspecified atom stereocenters. The fraction of sp³-hybridized carbons (Fsp3) is 0.667. The van der Waals surface area contributed by atoms with E-state index in [1.807, 2.05) is 35.9 Å². The number of hydrogen-bond acceptors (Lipinski definition) is 4. The number of aromatic nitrogens is 1. The first kappa shape index (κ1) is 19.8. The second-order valence-corrected chi connectivity index (χ2v) is 7.85. The van der Waals surface area contributed by atoms with Crippen molar-refractivity contribution in [1.29, 1.82) is 0 Å². The van der Waals surface area contributed by atoms with E-state index in [0.717, 1.165) is 57.4 Å². The van der Waals surface area contributed by atoms with E-state index in [1.165, 1.54) is 0 Å². The van der Waals surface area contributed by atoms with Crippen LogP contribution in [0.3, 0.4) is 0 Å². The van der Waals surface area contributed by atoms with Crippen LogP contribution in [0, 0.1) is 5.41 Å². The van der Waals surface area contributed by atoms with Crippen molar-refractivity contribution in [2.75, 3.05) is 32.8 Å². The van der Waals surface area contributed by atoms with Gasteiger partial charge in [-0.15, -0.1) is 0 Å². The topological polar surface area (TPSA) is 62.7 Å². The second kappa shape index (κ2) is 8.83. The van der Waals surface area contributed by atoms with Crippen molar-refractivity contribution in [2.24, 2.45) is 5.41 Å². The third-order valence-electron chi connectivity index (χ3n) is 6.04. The summed E-state index contributed by atoms with van der Waals surface area (Å²) in [6, 6.07) is 3.99. The molecule has 2 aliphatic rings. The average molecular weight is 373 g/mol. The number of rotatable bonds is 6. The zero-order valence-electron chi connectivity index (χ0n) is 16.5. The molecule has 3 rings (SSSR count). The number of piperidine rings is 2. The van der Waals surface area contributed by atoms with Crippen LogP contribution < -0.4 is 0 Å². The molecule has 3 heterocycles. The minimum atomic E-state index is -0.368. The molecule has 27 heavy (non-hydrogen) atoms. The predicted molar refractivity (Wildman–Crippen MR) is 103 cm³/mol. The summed E-state index contributed by atoms with van der Waals surface area (Å²) in [6.07, 6.45) is 7.61. The van der Waals surface area contributed by atoms with Gasteiger partial charge in [0.1, 0.15) is 6.10 Å². The molecular weight excluding hydrogens is 342 g/mol. The highest BCUT2D eigenvalue weighted by molar-refractivity contribution is 5.80. The molecular formula is C21H31N3O3. The van der Waals surface area contributed by atoms with Crippen LogP contribution in [0.1, 0.15) is 45.1 Å². The van der Waals surface area contributed by atoms with E-state index in [1.54, 1.807) is 6.20 Å². The van der Waals surface area contributed by atoms with E-state index in [2.05, 4.69) is 11.1 Å². The zero-order chi connectivity index (χ0) is 19.3. The third kappa shape index (κ3) is 4.86. The minimum Gasteiger partial charge on any atom is -0.369 e. The van der Waals surface area contributed by atoms with Crippen molar-refractivity contribution in [3.63, 3.8) is 0 Å². The lowest BCUT2D eigenvalue weighted by atomic mass is 9.72. The van der Waals surface area contributed by atoms with Crippen LogP contribution in [-0.4, -0.2) is 65.5 Å². The van der Waals surface area contributed by atoms with Crippen LogP contribution in [0.25, 0.3) is 0 Å². The van der Waals surface area contributed by atoms with Crippen LogP contribution in [0.4, 0.5) is 0 Å². The number of nitrogens with zero attached hydrogens (tertiary/aromatic N) is 3. The van der Waals surface area contributed by atoms with Gasteiger partial charge in [-0.05, 0) is 56.6 Å². The molecule has 1 spiro atoms. The Hall–Kier alpha value is -1.95. The summed E-state index contributed by atoms with van der Waals surface area (Å²) in [5.41, 5.74) is 1.32. The minimum absolute atomic E-state index is 0.0898. The Bertz CT molecular complexity index is 641. The highest BCUT2D eigenvalue weighted by Crippen LogP contribution is 2.40. The molecule has 2 amide bonds. The van der Waals surface area contributed by atoms with Gasteiger partial charge in [-0.2, -0.15) is 0 Å². The van der Waals surface area contributed by atoms with Crippen molar-refractivity contribution in [2.45, 2.75) is 52.1 Å². The molecule has 0 aromatic carbocycles. The summed E-state index contributed by atoms with van der Waals surface area (Å²) in [7, 11) is 0. The second-order valence-electron chi connectivity index (χ2n) is 7.85. The standard InChI is InChI=1S/C21H31N3O3/c1-3-27-17(2)20(26)23-13-9-21(10-14-23)8-6-19(25)24(16-21)12-7-18-5-4-11-22-15-18/h4-5,11,15,17H,3,6-10,12-14,16H2,1-2H3/t17-/m0/s1. The van der Waals surface area contributed by atoms with Gasteiger partial charge in [0, 0.05) is 51.6 Å². The number of ether oxygens (including phenoxy) is 1. The van der Waals surface area contributed by atoms with Crippen molar-refractivity contribution in [3.05, 3.63) is 30.1 Å². The first-order valence-corrected chi connectivity index (χ1v) is 10.1. The molecule has 6 nitrogen and oxygen atoms in total. The van der Waals surface area contributed by atoms with Crippen molar-refractivity contribution in [3.8, 4) is 0 Å². The number of carbonyl (C=O) groups is 2. The monoisotopic (exact) mass is 373 g/mol. The van der Waals surface area contributed by atoms with Crippen LogP contribution >= 0.6 is 0 Å². The lowest BCUT2D eigenvalue weighted by molar-refractivity contribution is -0.148. The Kier molecular flexibility index (Phi) is 6.47. The zero-order valence-corrected chi connectivity index (χ0v) is 16.5. The van der Waals surface area contributed by atoms with Gasteiger partial charge in [-0.1, -0.05) is 6.07 Å². The number of carbonyl (C=O) groups excluding carboxylic acids is 2. The fourth-order valence-electron chi connectivity index (χ4n) is 4.30. The molecule has 0 N–H and O–H groups in total. The molecule has 148 valence electrons. The van der Waals surface area contributed by atoms with Gasteiger partial charge in [0.05, 0.1) is 0 Å². The first-order valence-electron chi connectivity index (χ1n) is 10.1. The van der Waals surface area contributed by atoms with Crippen molar-refractivity contribution >= 4 is 11.8 Å². The van der Waals surface area contributed by atoms with Crippen LogP contribution in [0.15, 0.2) is 24.5 Å². The Morgan fingerprint density at radius 2 is 2.11 bits per heavy atom. The molecule has 0 bridgehead atoms. The molecule has 2 saturated heterocycles. The Balaban J connectivity index is 1.54. The van der Waals surface area contributed by atoms with Gasteiger partial charge < -0.3 is 14.5 Å². The van der Waals surface area contributed by atoms with Crippen molar-refractivity contribution < 1.29 is 14.3 Å². The van der Waals surface area contributed by atoms with Crippen molar-refractivity contribution in [1.82, 2.24) is 14.8 Å². The van der Waals surface area contributed by atoms with Crippen LogP contribution in [0.2, 0.25) is 0 Å². The maximum atomic E-state index is 12.5. The number of likely N-dealkylation sites (tertiary alicyclic amines) is 2. The summed E-state index contributed by atoms with van der Waals surface area (Å²) >= 11 is 0.